The van der Waals surface area contributed by atoms with Gasteiger partial charge in [-0.25, -0.2) is 4.98 Å². The Morgan fingerprint density at radius 3 is 2.73 bits per heavy atom. The van der Waals surface area contributed by atoms with Gasteiger partial charge in [-0.1, -0.05) is 11.8 Å². The number of hydrogen-bond donors (Lipinski definition) is 1. The second-order valence-corrected chi connectivity index (χ2v) is 4.07. The topological polar surface area (TPSA) is 50.9 Å². The summed E-state index contributed by atoms with van der Waals surface area (Å²) in [6, 6.07) is 3.86. The molecule has 0 bridgehead atoms. The monoisotopic (exact) mass is 221 g/mol. The molecule has 1 N–H and O–H groups in total. The molecule has 0 aliphatic carbocycles. The van der Waals surface area contributed by atoms with Crippen molar-refractivity contribution in [3.8, 4) is 0 Å². The SMILES string of the molecule is Cn1c(CO)cnc1Sc1ccncc1. The number of imidazole rings is 1. The Kier molecular flexibility index (Phi) is 3.03. The molecule has 0 aliphatic heterocycles. The normalized spacial score (nSPS) is 10.5. The van der Waals surface area contributed by atoms with Gasteiger partial charge in [0.2, 0.25) is 0 Å². The van der Waals surface area contributed by atoms with Crippen molar-refractivity contribution in [2.24, 2.45) is 7.05 Å². The molecule has 0 spiro atoms. The average molecular weight is 221 g/mol. The molecule has 4 nitrogen and oxygen atoms in total. The summed E-state index contributed by atoms with van der Waals surface area (Å²) < 4.78 is 1.88. The smallest absolute Gasteiger partial charge is 0.172 e. The summed E-state index contributed by atoms with van der Waals surface area (Å²) in [4.78, 5) is 9.26. The zero-order chi connectivity index (χ0) is 10.7. The van der Waals surface area contributed by atoms with Gasteiger partial charge in [-0.3, -0.25) is 4.98 Å². The Morgan fingerprint density at radius 1 is 1.40 bits per heavy atom. The van der Waals surface area contributed by atoms with Gasteiger partial charge in [-0.2, -0.15) is 0 Å². The van der Waals surface area contributed by atoms with Crippen LogP contribution in [0.5, 0.6) is 0 Å². The number of nitrogens with zero attached hydrogens (tertiary/aromatic N) is 3. The molecule has 2 rings (SSSR count). The van der Waals surface area contributed by atoms with Crippen LogP contribution in [0.1, 0.15) is 5.69 Å². The average Bonchev–Trinajstić information content (AvgIpc) is 2.62. The lowest BCUT2D eigenvalue weighted by molar-refractivity contribution is 0.271. The first-order valence-corrected chi connectivity index (χ1v) is 5.32. The maximum Gasteiger partial charge on any atom is 0.172 e. The van der Waals surface area contributed by atoms with Gasteiger partial charge in [0.1, 0.15) is 0 Å². The van der Waals surface area contributed by atoms with E-state index in [-0.39, 0.29) is 6.61 Å². The van der Waals surface area contributed by atoms with Crippen LogP contribution < -0.4 is 0 Å². The Bertz CT molecular complexity index is 441. The molecule has 2 heterocycles. The summed E-state index contributed by atoms with van der Waals surface area (Å²) in [7, 11) is 1.89. The molecule has 0 saturated carbocycles. The van der Waals surface area contributed by atoms with Gasteiger partial charge in [-0.15, -0.1) is 0 Å². The van der Waals surface area contributed by atoms with Crippen LogP contribution in [-0.2, 0) is 13.7 Å². The molecule has 0 aromatic carbocycles. The standard InChI is InChI=1S/C10H11N3OS/c1-13-8(7-14)6-12-10(13)15-9-2-4-11-5-3-9/h2-6,14H,7H2,1H3. The van der Waals surface area contributed by atoms with Crippen LogP contribution in [0.25, 0.3) is 0 Å². The van der Waals surface area contributed by atoms with E-state index in [9.17, 15) is 0 Å². The van der Waals surface area contributed by atoms with Gasteiger partial charge in [-0.05, 0) is 12.1 Å². The first-order chi connectivity index (χ1) is 7.31. The summed E-state index contributed by atoms with van der Waals surface area (Å²) in [6.07, 6.45) is 5.18. The largest absolute Gasteiger partial charge is 0.390 e. The molecule has 15 heavy (non-hydrogen) atoms. The van der Waals surface area contributed by atoms with Gasteiger partial charge in [0.15, 0.2) is 5.16 Å². The molecule has 5 heteroatoms. The van der Waals surface area contributed by atoms with Gasteiger partial charge < -0.3 is 9.67 Å². The molecule has 0 radical (unpaired) electrons. The number of hydrogen-bond acceptors (Lipinski definition) is 4. The molecule has 0 atom stereocenters. The predicted octanol–water partition coefficient (Wildman–Crippen LogP) is 1.46. The Morgan fingerprint density at radius 2 is 2.13 bits per heavy atom. The van der Waals surface area contributed by atoms with Crippen molar-refractivity contribution in [2.75, 3.05) is 0 Å². The van der Waals surface area contributed by atoms with Crippen LogP contribution in [0.2, 0.25) is 0 Å². The third kappa shape index (κ3) is 2.19. The van der Waals surface area contributed by atoms with Crippen LogP contribution in [0.4, 0.5) is 0 Å². The second kappa shape index (κ2) is 4.46. The third-order valence-corrected chi connectivity index (χ3v) is 3.13. The van der Waals surface area contributed by atoms with Gasteiger partial charge in [0.05, 0.1) is 18.5 Å². The zero-order valence-corrected chi connectivity index (χ0v) is 9.11. The van der Waals surface area contributed by atoms with Crippen molar-refractivity contribution in [3.05, 3.63) is 36.4 Å². The molecule has 0 unspecified atom stereocenters. The van der Waals surface area contributed by atoms with E-state index in [4.69, 9.17) is 5.11 Å². The summed E-state index contributed by atoms with van der Waals surface area (Å²) in [6.45, 7) is 0.0143. The molecule has 0 fully saturated rings. The summed E-state index contributed by atoms with van der Waals surface area (Å²) in [5, 5.41) is 9.88. The molecule has 78 valence electrons. The molecule has 0 saturated heterocycles. The summed E-state index contributed by atoms with van der Waals surface area (Å²) in [5.41, 5.74) is 0.812. The molecule has 2 aromatic heterocycles. The number of aromatic nitrogens is 3. The van der Waals surface area contributed by atoms with Crippen LogP contribution in [0.3, 0.4) is 0 Å². The lowest BCUT2D eigenvalue weighted by atomic mass is 10.5. The highest BCUT2D eigenvalue weighted by molar-refractivity contribution is 7.99. The fraction of sp³-hybridized carbons (Fsp3) is 0.200. The lowest BCUT2D eigenvalue weighted by Gasteiger charge is -2.02. The van der Waals surface area contributed by atoms with Gasteiger partial charge >= 0.3 is 0 Å². The van der Waals surface area contributed by atoms with Crippen LogP contribution >= 0.6 is 11.8 Å². The highest BCUT2D eigenvalue weighted by Gasteiger charge is 2.06. The fourth-order valence-electron chi connectivity index (χ4n) is 1.18. The van der Waals surface area contributed by atoms with Crippen molar-refractivity contribution in [2.45, 2.75) is 16.7 Å². The minimum atomic E-state index is 0.0143. The summed E-state index contributed by atoms with van der Waals surface area (Å²) in [5.74, 6) is 0. The lowest BCUT2D eigenvalue weighted by Crippen LogP contribution is -1.96. The maximum atomic E-state index is 9.02. The van der Waals surface area contributed by atoms with E-state index in [1.807, 2.05) is 23.7 Å². The summed E-state index contributed by atoms with van der Waals surface area (Å²) >= 11 is 1.55. The molecular formula is C10H11N3OS. The second-order valence-electron chi connectivity index (χ2n) is 3.03. The van der Waals surface area contributed by atoms with Crippen molar-refractivity contribution < 1.29 is 5.11 Å². The van der Waals surface area contributed by atoms with Crippen LogP contribution in [-0.4, -0.2) is 19.6 Å². The maximum absolute atomic E-state index is 9.02. The van der Waals surface area contributed by atoms with Crippen molar-refractivity contribution in [3.63, 3.8) is 0 Å². The van der Waals surface area contributed by atoms with Gasteiger partial charge in [0.25, 0.3) is 0 Å². The van der Waals surface area contributed by atoms with E-state index in [0.717, 1.165) is 15.7 Å². The van der Waals surface area contributed by atoms with Crippen molar-refractivity contribution in [1.82, 2.24) is 14.5 Å². The van der Waals surface area contributed by atoms with Crippen molar-refractivity contribution in [1.29, 1.82) is 0 Å². The Balaban J connectivity index is 2.21. The first-order valence-electron chi connectivity index (χ1n) is 4.50. The van der Waals surface area contributed by atoms with E-state index in [2.05, 4.69) is 9.97 Å². The Hall–Kier alpha value is -1.33. The number of aliphatic hydroxyl groups is 1. The number of aliphatic hydroxyl groups excluding tert-OH is 1. The minimum Gasteiger partial charge on any atom is -0.390 e. The first kappa shape index (κ1) is 10.2. The number of pyridine rings is 1. The van der Waals surface area contributed by atoms with Crippen LogP contribution in [0.15, 0.2) is 40.8 Å². The molecule has 0 amide bonds. The zero-order valence-electron chi connectivity index (χ0n) is 8.29. The van der Waals surface area contributed by atoms with E-state index in [0.29, 0.717) is 0 Å². The minimum absolute atomic E-state index is 0.0143. The molecule has 0 aliphatic rings. The highest BCUT2D eigenvalue weighted by atomic mass is 32.2. The van der Waals surface area contributed by atoms with Gasteiger partial charge in [0, 0.05) is 24.3 Å². The third-order valence-electron chi connectivity index (χ3n) is 2.06. The predicted molar refractivity (Wildman–Crippen MR) is 57.5 cm³/mol. The van der Waals surface area contributed by atoms with Crippen LogP contribution in [0, 0.1) is 0 Å². The van der Waals surface area contributed by atoms with E-state index in [1.54, 1.807) is 30.4 Å². The molecule has 2 aromatic rings. The quantitative estimate of drug-likeness (QED) is 0.852. The van der Waals surface area contributed by atoms with E-state index in [1.165, 1.54) is 0 Å². The van der Waals surface area contributed by atoms with E-state index >= 15 is 0 Å². The Labute approximate surface area is 92.0 Å². The van der Waals surface area contributed by atoms with E-state index < -0.39 is 0 Å². The number of rotatable bonds is 3. The highest BCUT2D eigenvalue weighted by Crippen LogP contribution is 2.25. The fourth-order valence-corrected chi connectivity index (χ4v) is 2.01. The molecular weight excluding hydrogens is 210 g/mol. The van der Waals surface area contributed by atoms with Crippen molar-refractivity contribution >= 4 is 11.8 Å².